The first-order valence-corrected chi connectivity index (χ1v) is 16.0. The Kier molecular flexibility index (Phi) is 11.6. The van der Waals surface area contributed by atoms with Crippen LogP contribution in [-0.4, -0.2) is 38.6 Å². The summed E-state index contributed by atoms with van der Waals surface area (Å²) in [5.74, 6) is 1.83. The van der Waals surface area contributed by atoms with Crippen molar-refractivity contribution >= 4 is 34.8 Å². The van der Waals surface area contributed by atoms with Crippen LogP contribution in [-0.2, 0) is 16.0 Å². The molecule has 2 atom stereocenters. The van der Waals surface area contributed by atoms with Gasteiger partial charge in [-0.1, -0.05) is 49.9 Å². The minimum absolute atomic E-state index is 0.0420. The first-order valence-electron chi connectivity index (χ1n) is 15.6. The summed E-state index contributed by atoms with van der Waals surface area (Å²) in [4.78, 5) is 27.3. The Balaban J connectivity index is 0.00000104. The fourth-order valence-corrected chi connectivity index (χ4v) is 6.23. The maximum absolute atomic E-state index is 13.8. The average Bonchev–Trinajstić information content (AvgIpc) is 3.01. The zero-order chi connectivity index (χ0) is 31.8. The molecule has 0 radical (unpaired) electrons. The van der Waals surface area contributed by atoms with Gasteiger partial charge in [0, 0.05) is 36.9 Å². The lowest BCUT2D eigenvalue weighted by Gasteiger charge is -2.38. The molecule has 1 saturated carbocycles. The Labute approximate surface area is 267 Å². The van der Waals surface area contributed by atoms with Gasteiger partial charge >= 0.3 is 0 Å². The summed E-state index contributed by atoms with van der Waals surface area (Å²) in [5.41, 5.74) is 9.52. The van der Waals surface area contributed by atoms with E-state index < -0.39 is 0 Å². The third kappa shape index (κ3) is 8.26. The summed E-state index contributed by atoms with van der Waals surface area (Å²) in [6.07, 6.45) is 7.92. The second-order valence-electron chi connectivity index (χ2n) is 11.9. The number of ether oxygens (including phenoxy) is 2. The van der Waals surface area contributed by atoms with Crippen molar-refractivity contribution in [1.29, 1.82) is 0 Å². The summed E-state index contributed by atoms with van der Waals surface area (Å²) < 4.78 is 12.0. The van der Waals surface area contributed by atoms with Crippen LogP contribution in [0.3, 0.4) is 0 Å². The predicted molar refractivity (Wildman–Crippen MR) is 179 cm³/mol. The minimum atomic E-state index is -0.333. The van der Waals surface area contributed by atoms with Gasteiger partial charge in [-0.2, -0.15) is 0 Å². The van der Waals surface area contributed by atoms with E-state index in [1.165, 1.54) is 44.7 Å². The van der Waals surface area contributed by atoms with Gasteiger partial charge in [-0.25, -0.2) is 0 Å². The van der Waals surface area contributed by atoms with Crippen molar-refractivity contribution in [3.8, 4) is 11.5 Å². The summed E-state index contributed by atoms with van der Waals surface area (Å²) in [6.45, 7) is 6.53. The fraction of sp³-hybridized carbons (Fsp3) is 0.444. The van der Waals surface area contributed by atoms with E-state index in [1.54, 1.807) is 7.11 Å². The van der Waals surface area contributed by atoms with Crippen LogP contribution in [0.2, 0.25) is 5.02 Å². The highest BCUT2D eigenvalue weighted by molar-refractivity contribution is 6.30. The van der Waals surface area contributed by atoms with Crippen molar-refractivity contribution in [1.82, 2.24) is 0 Å². The number of primary amides is 1. The van der Waals surface area contributed by atoms with Crippen molar-refractivity contribution in [2.45, 2.75) is 77.9 Å². The zero-order valence-corrected chi connectivity index (χ0v) is 27.4. The molecule has 1 fully saturated rings. The molecule has 0 bridgehead atoms. The molecule has 0 saturated heterocycles. The quantitative estimate of drug-likeness (QED) is 0.265. The van der Waals surface area contributed by atoms with Gasteiger partial charge < -0.3 is 25.0 Å². The van der Waals surface area contributed by atoms with Crippen molar-refractivity contribution in [2.75, 3.05) is 30.5 Å². The lowest BCUT2D eigenvalue weighted by Crippen LogP contribution is -2.41. The number of fused-ring (bicyclic) bond motifs is 1. The van der Waals surface area contributed by atoms with Crippen LogP contribution in [0, 0.1) is 5.92 Å². The van der Waals surface area contributed by atoms with Crippen molar-refractivity contribution < 1.29 is 19.1 Å². The first-order chi connectivity index (χ1) is 21.1. The molecule has 2 N–H and O–H groups in total. The number of hydrogen-bond donors (Lipinski definition) is 1. The van der Waals surface area contributed by atoms with Gasteiger partial charge in [0.15, 0.2) is 11.5 Å². The van der Waals surface area contributed by atoms with Gasteiger partial charge in [-0.3, -0.25) is 9.59 Å². The van der Waals surface area contributed by atoms with Crippen LogP contribution >= 0.6 is 11.6 Å². The van der Waals surface area contributed by atoms with Crippen LogP contribution in [0.5, 0.6) is 11.5 Å². The number of nitrogens with zero attached hydrogens (tertiary/aromatic N) is 2. The van der Waals surface area contributed by atoms with E-state index in [2.05, 4.69) is 61.9 Å². The van der Waals surface area contributed by atoms with Gasteiger partial charge in [-0.15, -0.1) is 0 Å². The molecule has 1 aliphatic heterocycles. The molecule has 1 aliphatic carbocycles. The number of carbonyl (C=O) groups excluding carboxylic acids is 2. The Bertz CT molecular complexity index is 1400. The number of nitrogens with two attached hydrogens (primary N) is 1. The van der Waals surface area contributed by atoms with E-state index in [0.29, 0.717) is 22.9 Å². The number of carbonyl (C=O) groups is 2. The minimum Gasteiger partial charge on any atom is -0.493 e. The molecule has 0 aromatic heterocycles. The van der Waals surface area contributed by atoms with Crippen molar-refractivity contribution in [3.05, 3.63) is 82.4 Å². The number of halogens is 1. The topological polar surface area (TPSA) is 85.1 Å². The SMILES string of the molecule is CC(N)=O.CC[C@@H](C)Oc1cc2c(cc1OC)CC(=O)N(c1ccc(N(C)CC3CCCCC3)cc1)C2c1ccc(Cl)cc1. The summed E-state index contributed by atoms with van der Waals surface area (Å²) in [6, 6.07) is 20.0. The third-order valence-corrected chi connectivity index (χ3v) is 8.75. The highest BCUT2D eigenvalue weighted by Gasteiger charge is 2.36. The maximum Gasteiger partial charge on any atom is 0.232 e. The van der Waals surface area contributed by atoms with Crippen LogP contribution in [0.15, 0.2) is 60.7 Å². The maximum atomic E-state index is 13.8. The van der Waals surface area contributed by atoms with E-state index in [-0.39, 0.29) is 24.0 Å². The molecule has 3 aromatic carbocycles. The normalized spacial score (nSPS) is 17.2. The van der Waals surface area contributed by atoms with Crippen molar-refractivity contribution in [3.63, 3.8) is 0 Å². The second-order valence-corrected chi connectivity index (χ2v) is 12.4. The third-order valence-electron chi connectivity index (χ3n) is 8.50. The molecule has 2 aliphatic rings. The molecular formula is C36H46ClN3O4. The molecule has 1 unspecified atom stereocenters. The highest BCUT2D eigenvalue weighted by atomic mass is 35.5. The number of hydrogen-bond acceptors (Lipinski definition) is 5. The molecule has 5 rings (SSSR count). The summed E-state index contributed by atoms with van der Waals surface area (Å²) in [7, 11) is 3.82. The average molecular weight is 620 g/mol. The molecular weight excluding hydrogens is 574 g/mol. The van der Waals surface area contributed by atoms with Crippen LogP contribution in [0.4, 0.5) is 11.4 Å². The monoisotopic (exact) mass is 619 g/mol. The fourth-order valence-electron chi connectivity index (χ4n) is 6.11. The van der Waals surface area contributed by atoms with Gasteiger partial charge in [0.2, 0.25) is 11.8 Å². The van der Waals surface area contributed by atoms with E-state index in [4.69, 9.17) is 21.1 Å². The standard InChI is InChI=1S/C34H41ClN2O3.C2H5NO/c1-5-23(2)40-32-21-30-26(19-31(32)39-4)20-33(38)37(34(30)25-11-13-27(35)14-12-25)29-17-15-28(16-18-29)36(3)22-24-9-7-6-8-10-24;1-2(3)4/h11-19,21,23-24,34H,5-10,20,22H2,1-4H3;1H3,(H2,3,4)/t23-,34?;/m1./s1. The van der Waals surface area contributed by atoms with E-state index >= 15 is 0 Å². The number of methoxy groups -OCH3 is 1. The largest absolute Gasteiger partial charge is 0.493 e. The first kappa shape index (κ1) is 33.2. The van der Waals surface area contributed by atoms with Gasteiger partial charge in [0.05, 0.1) is 25.7 Å². The van der Waals surface area contributed by atoms with E-state index in [0.717, 1.165) is 41.3 Å². The van der Waals surface area contributed by atoms with Crippen molar-refractivity contribution in [2.24, 2.45) is 11.7 Å². The van der Waals surface area contributed by atoms with Crippen LogP contribution < -0.4 is 25.0 Å². The lowest BCUT2D eigenvalue weighted by atomic mass is 9.86. The molecule has 2 amide bonds. The van der Waals surface area contributed by atoms with Crippen LogP contribution in [0.25, 0.3) is 0 Å². The zero-order valence-electron chi connectivity index (χ0n) is 26.6. The molecule has 44 heavy (non-hydrogen) atoms. The Morgan fingerprint density at radius 2 is 1.68 bits per heavy atom. The Hall–Kier alpha value is -3.71. The molecule has 8 heteroatoms. The lowest BCUT2D eigenvalue weighted by molar-refractivity contribution is -0.119. The molecule has 3 aromatic rings. The Morgan fingerprint density at radius 1 is 1.05 bits per heavy atom. The Morgan fingerprint density at radius 3 is 2.27 bits per heavy atom. The molecule has 236 valence electrons. The number of benzene rings is 3. The highest BCUT2D eigenvalue weighted by Crippen LogP contribution is 2.44. The van der Waals surface area contributed by atoms with Gasteiger partial charge in [-0.05, 0) is 97.3 Å². The molecule has 1 heterocycles. The number of amides is 2. The smallest absolute Gasteiger partial charge is 0.232 e. The number of rotatable bonds is 9. The second kappa shape index (κ2) is 15.3. The van der Waals surface area contributed by atoms with Crippen LogP contribution in [0.1, 0.15) is 82.0 Å². The summed E-state index contributed by atoms with van der Waals surface area (Å²) >= 11 is 6.27. The number of anilines is 2. The molecule has 7 nitrogen and oxygen atoms in total. The molecule has 0 spiro atoms. The summed E-state index contributed by atoms with van der Waals surface area (Å²) in [5, 5.41) is 0.665. The van der Waals surface area contributed by atoms with E-state index in [1.807, 2.05) is 35.2 Å². The van der Waals surface area contributed by atoms with Gasteiger partial charge in [0.25, 0.3) is 0 Å². The van der Waals surface area contributed by atoms with Gasteiger partial charge in [0.1, 0.15) is 0 Å². The van der Waals surface area contributed by atoms with E-state index in [9.17, 15) is 9.59 Å². The predicted octanol–water partition coefficient (Wildman–Crippen LogP) is 7.71.